The minimum Gasteiger partial charge on any atom is -0.0651 e. The highest BCUT2D eigenvalue weighted by atomic mass is 14.3. The summed E-state index contributed by atoms with van der Waals surface area (Å²) in [6.45, 7) is 7.12. The lowest BCUT2D eigenvalue weighted by Gasteiger charge is -2.32. The van der Waals surface area contributed by atoms with Gasteiger partial charge in [0.15, 0.2) is 0 Å². The molecule has 1 aliphatic carbocycles. The number of hydrogen-bond donors (Lipinski definition) is 0. The van der Waals surface area contributed by atoms with Crippen molar-refractivity contribution in [3.63, 3.8) is 0 Å². The first-order chi connectivity index (χ1) is 5.77. The molecule has 0 heterocycles. The van der Waals surface area contributed by atoms with Crippen LogP contribution in [-0.4, -0.2) is 0 Å². The molecule has 0 radical (unpaired) electrons. The Morgan fingerprint density at radius 2 is 2.00 bits per heavy atom. The zero-order valence-electron chi connectivity index (χ0n) is 8.97. The first-order valence-electron chi connectivity index (χ1n) is 5.77. The largest absolute Gasteiger partial charge is 0.0651 e. The van der Waals surface area contributed by atoms with Gasteiger partial charge in [-0.1, -0.05) is 52.9 Å². The van der Waals surface area contributed by atoms with E-state index in [-0.39, 0.29) is 0 Å². The van der Waals surface area contributed by atoms with Gasteiger partial charge in [0.05, 0.1) is 0 Å². The van der Waals surface area contributed by atoms with Gasteiger partial charge in [-0.3, -0.25) is 0 Å². The molecule has 0 saturated heterocycles. The van der Waals surface area contributed by atoms with Crippen LogP contribution in [-0.2, 0) is 0 Å². The van der Waals surface area contributed by atoms with E-state index in [0.717, 1.165) is 17.8 Å². The zero-order valence-corrected chi connectivity index (χ0v) is 8.97. The van der Waals surface area contributed by atoms with Crippen LogP contribution in [0.25, 0.3) is 0 Å². The van der Waals surface area contributed by atoms with Gasteiger partial charge in [0, 0.05) is 0 Å². The molecule has 3 unspecified atom stereocenters. The second-order valence-electron chi connectivity index (χ2n) is 4.59. The van der Waals surface area contributed by atoms with Crippen molar-refractivity contribution < 1.29 is 0 Å². The van der Waals surface area contributed by atoms with Crippen molar-refractivity contribution in [2.75, 3.05) is 0 Å². The average molecular weight is 168 g/mol. The monoisotopic (exact) mass is 168 g/mol. The van der Waals surface area contributed by atoms with E-state index >= 15 is 0 Å². The molecule has 0 aromatic carbocycles. The van der Waals surface area contributed by atoms with Gasteiger partial charge in [-0.2, -0.15) is 0 Å². The van der Waals surface area contributed by atoms with Crippen molar-refractivity contribution in [3.8, 4) is 0 Å². The summed E-state index contributed by atoms with van der Waals surface area (Å²) < 4.78 is 0. The lowest BCUT2D eigenvalue weighted by molar-refractivity contribution is 0.198. The van der Waals surface area contributed by atoms with Gasteiger partial charge in [0.1, 0.15) is 0 Å². The SMILES string of the molecule is CCC1CCCC(C(C)CC)C1. The molecule has 0 spiro atoms. The predicted octanol–water partition coefficient (Wildman–Crippen LogP) is 4.25. The highest BCUT2D eigenvalue weighted by molar-refractivity contribution is 4.75. The maximum atomic E-state index is 2.43. The molecule has 72 valence electrons. The third kappa shape index (κ3) is 2.50. The van der Waals surface area contributed by atoms with Crippen LogP contribution in [0.3, 0.4) is 0 Å². The average Bonchev–Trinajstić information content (AvgIpc) is 2.17. The summed E-state index contributed by atoms with van der Waals surface area (Å²) in [6, 6.07) is 0. The molecule has 0 bridgehead atoms. The van der Waals surface area contributed by atoms with Crippen molar-refractivity contribution in [2.45, 2.75) is 59.3 Å². The molecule has 0 heteroatoms. The fourth-order valence-electron chi connectivity index (χ4n) is 2.55. The van der Waals surface area contributed by atoms with Crippen molar-refractivity contribution in [1.82, 2.24) is 0 Å². The van der Waals surface area contributed by atoms with Crippen LogP contribution >= 0.6 is 0 Å². The summed E-state index contributed by atoms with van der Waals surface area (Å²) >= 11 is 0. The molecule has 3 atom stereocenters. The Bertz CT molecular complexity index is 115. The zero-order chi connectivity index (χ0) is 8.97. The third-order valence-electron chi connectivity index (χ3n) is 3.85. The maximum Gasteiger partial charge on any atom is -0.0386 e. The van der Waals surface area contributed by atoms with Crippen LogP contribution in [0.5, 0.6) is 0 Å². The summed E-state index contributed by atoms with van der Waals surface area (Å²) in [7, 11) is 0. The Labute approximate surface area is 77.7 Å². The van der Waals surface area contributed by atoms with Crippen LogP contribution < -0.4 is 0 Å². The maximum absolute atomic E-state index is 2.43. The fraction of sp³-hybridized carbons (Fsp3) is 1.00. The van der Waals surface area contributed by atoms with Crippen molar-refractivity contribution in [2.24, 2.45) is 17.8 Å². The van der Waals surface area contributed by atoms with Gasteiger partial charge in [0.2, 0.25) is 0 Å². The minimum absolute atomic E-state index is 0.972. The molecule has 1 rings (SSSR count). The summed E-state index contributed by atoms with van der Waals surface area (Å²) in [4.78, 5) is 0. The number of rotatable bonds is 3. The third-order valence-corrected chi connectivity index (χ3v) is 3.85. The smallest absolute Gasteiger partial charge is 0.0386 e. The molecule has 1 saturated carbocycles. The van der Waals surface area contributed by atoms with E-state index in [1.807, 2.05) is 0 Å². The Kier molecular flexibility index (Phi) is 4.11. The summed E-state index contributed by atoms with van der Waals surface area (Å²) in [5.41, 5.74) is 0. The molecule has 1 aliphatic rings. The standard InChI is InChI=1S/C12H24/c1-4-10(3)12-8-6-7-11(5-2)9-12/h10-12H,4-9H2,1-3H3. The van der Waals surface area contributed by atoms with Crippen LogP contribution in [0.4, 0.5) is 0 Å². The normalized spacial score (nSPS) is 33.2. The lowest BCUT2D eigenvalue weighted by atomic mass is 9.74. The van der Waals surface area contributed by atoms with E-state index in [1.165, 1.54) is 38.5 Å². The van der Waals surface area contributed by atoms with E-state index in [0.29, 0.717) is 0 Å². The highest BCUT2D eigenvalue weighted by Gasteiger charge is 2.23. The lowest BCUT2D eigenvalue weighted by Crippen LogP contribution is -2.20. The summed E-state index contributed by atoms with van der Waals surface area (Å²) in [6.07, 6.45) is 8.81. The van der Waals surface area contributed by atoms with Crippen LogP contribution in [0, 0.1) is 17.8 Å². The molecular formula is C12H24. The van der Waals surface area contributed by atoms with E-state index in [1.54, 1.807) is 0 Å². The van der Waals surface area contributed by atoms with Gasteiger partial charge >= 0.3 is 0 Å². The fourth-order valence-corrected chi connectivity index (χ4v) is 2.55. The molecule has 1 fully saturated rings. The summed E-state index contributed by atoms with van der Waals surface area (Å²) in [5, 5.41) is 0. The molecule has 0 aromatic heterocycles. The molecule has 0 aromatic rings. The first-order valence-corrected chi connectivity index (χ1v) is 5.77. The Morgan fingerprint density at radius 3 is 2.58 bits per heavy atom. The first kappa shape index (κ1) is 10.1. The van der Waals surface area contributed by atoms with E-state index in [9.17, 15) is 0 Å². The minimum atomic E-state index is 0.972. The van der Waals surface area contributed by atoms with Gasteiger partial charge in [-0.15, -0.1) is 0 Å². The van der Waals surface area contributed by atoms with Crippen molar-refractivity contribution >= 4 is 0 Å². The van der Waals surface area contributed by atoms with Gasteiger partial charge in [-0.25, -0.2) is 0 Å². The van der Waals surface area contributed by atoms with Gasteiger partial charge < -0.3 is 0 Å². The Hall–Kier alpha value is 0. The van der Waals surface area contributed by atoms with E-state index in [2.05, 4.69) is 20.8 Å². The molecule has 12 heavy (non-hydrogen) atoms. The second kappa shape index (κ2) is 4.89. The molecule has 0 amide bonds. The van der Waals surface area contributed by atoms with Crippen molar-refractivity contribution in [1.29, 1.82) is 0 Å². The highest BCUT2D eigenvalue weighted by Crippen LogP contribution is 2.36. The number of hydrogen-bond acceptors (Lipinski definition) is 0. The van der Waals surface area contributed by atoms with Crippen LogP contribution in [0.2, 0.25) is 0 Å². The van der Waals surface area contributed by atoms with Gasteiger partial charge in [-0.05, 0) is 24.2 Å². The molecule has 0 nitrogen and oxygen atoms in total. The quantitative estimate of drug-likeness (QED) is 0.591. The second-order valence-corrected chi connectivity index (χ2v) is 4.59. The molecule has 0 aliphatic heterocycles. The Balaban J connectivity index is 2.34. The molecule has 0 N–H and O–H groups in total. The van der Waals surface area contributed by atoms with E-state index < -0.39 is 0 Å². The Morgan fingerprint density at radius 1 is 1.25 bits per heavy atom. The van der Waals surface area contributed by atoms with Gasteiger partial charge in [0.25, 0.3) is 0 Å². The molecular weight excluding hydrogens is 144 g/mol. The van der Waals surface area contributed by atoms with Crippen LogP contribution in [0.15, 0.2) is 0 Å². The topological polar surface area (TPSA) is 0 Å². The van der Waals surface area contributed by atoms with E-state index in [4.69, 9.17) is 0 Å². The summed E-state index contributed by atoms with van der Waals surface area (Å²) in [5.74, 6) is 3.07. The van der Waals surface area contributed by atoms with Crippen molar-refractivity contribution in [3.05, 3.63) is 0 Å². The van der Waals surface area contributed by atoms with Crippen LogP contribution in [0.1, 0.15) is 59.3 Å². The predicted molar refractivity (Wildman–Crippen MR) is 55.2 cm³/mol.